The first-order valence-corrected chi connectivity index (χ1v) is 4.72. The summed E-state index contributed by atoms with van der Waals surface area (Å²) in [6.07, 6.45) is 0. The van der Waals surface area contributed by atoms with Gasteiger partial charge in [0.15, 0.2) is 0 Å². The van der Waals surface area contributed by atoms with Gasteiger partial charge in [0.1, 0.15) is 5.69 Å². The Balaban J connectivity index is 2.69. The largest absolute Gasteiger partial charge is 0.465 e. The molecular weight excluding hydrogens is 244 g/mol. The normalized spacial score (nSPS) is 12.9. The molecule has 1 heterocycles. The molecule has 1 N–H and O–H groups in total. The highest BCUT2D eigenvalue weighted by molar-refractivity contribution is 6.52. The lowest BCUT2D eigenvalue weighted by Crippen LogP contribution is -2.12. The number of anilines is 1. The zero-order valence-corrected chi connectivity index (χ0v) is 9.05. The Morgan fingerprint density at radius 3 is 2.61 bits per heavy atom. The molecule has 1 aliphatic heterocycles. The Kier molecular flexibility index (Phi) is 2.55. The summed E-state index contributed by atoms with van der Waals surface area (Å²) in [6, 6.07) is 2.04. The molecule has 0 saturated carbocycles. The van der Waals surface area contributed by atoms with Gasteiger partial charge in [0.05, 0.1) is 23.2 Å². The number of carbonyl (C=O) groups is 3. The Labute approximate surface area is 99.7 Å². The number of nitro groups is 1. The maximum Gasteiger partial charge on any atom is 0.338 e. The fraction of sp³-hybridized carbons (Fsp3) is 0.100. The minimum absolute atomic E-state index is 0.159. The van der Waals surface area contributed by atoms with Crippen molar-refractivity contribution < 1.29 is 24.0 Å². The molecule has 8 nitrogen and oxygen atoms in total. The Morgan fingerprint density at radius 1 is 1.39 bits per heavy atom. The van der Waals surface area contributed by atoms with Crippen molar-refractivity contribution in [2.75, 3.05) is 12.4 Å². The zero-order valence-electron chi connectivity index (χ0n) is 9.05. The van der Waals surface area contributed by atoms with Crippen LogP contribution < -0.4 is 5.32 Å². The van der Waals surface area contributed by atoms with E-state index in [0.29, 0.717) is 0 Å². The standard InChI is InChI=1S/C10H6N2O6/c1-18-10(15)4-2-5-7(6(3-4)12(16)17)11-9(14)8(5)13/h2-3H,1H3,(H,11,13,14). The number of amides is 1. The first-order chi connectivity index (χ1) is 8.45. The molecule has 1 aromatic rings. The highest BCUT2D eigenvalue weighted by Gasteiger charge is 2.35. The van der Waals surface area contributed by atoms with Gasteiger partial charge in [-0.25, -0.2) is 4.79 Å². The van der Waals surface area contributed by atoms with Gasteiger partial charge in [-0.05, 0) is 6.07 Å². The van der Waals surface area contributed by atoms with Crippen molar-refractivity contribution in [1.82, 2.24) is 0 Å². The number of fused-ring (bicyclic) bond motifs is 1. The number of esters is 1. The monoisotopic (exact) mass is 250 g/mol. The van der Waals surface area contributed by atoms with Gasteiger partial charge in [-0.15, -0.1) is 0 Å². The van der Waals surface area contributed by atoms with Crippen LogP contribution in [0, 0.1) is 10.1 Å². The Hall–Kier alpha value is -2.77. The maximum absolute atomic E-state index is 11.4. The first-order valence-electron chi connectivity index (χ1n) is 4.72. The van der Waals surface area contributed by atoms with E-state index in [-0.39, 0.29) is 16.8 Å². The number of methoxy groups -OCH3 is 1. The molecule has 8 heteroatoms. The van der Waals surface area contributed by atoms with Crippen molar-refractivity contribution in [3.8, 4) is 0 Å². The van der Waals surface area contributed by atoms with Crippen molar-refractivity contribution in [3.63, 3.8) is 0 Å². The first kappa shape index (κ1) is 11.7. The van der Waals surface area contributed by atoms with Gasteiger partial charge in [0.2, 0.25) is 0 Å². The minimum Gasteiger partial charge on any atom is -0.465 e. The van der Waals surface area contributed by atoms with Crippen LogP contribution in [-0.4, -0.2) is 29.7 Å². The number of Topliss-reactive ketones (excluding diaryl/α,β-unsaturated/α-hetero) is 1. The van der Waals surface area contributed by atoms with Crippen molar-refractivity contribution in [3.05, 3.63) is 33.4 Å². The average molecular weight is 250 g/mol. The topological polar surface area (TPSA) is 116 Å². The van der Waals surface area contributed by atoms with E-state index in [1.807, 2.05) is 0 Å². The summed E-state index contributed by atoms with van der Waals surface area (Å²) in [5.41, 5.74) is -1.07. The van der Waals surface area contributed by atoms with Crippen LogP contribution in [0.25, 0.3) is 0 Å². The maximum atomic E-state index is 11.4. The molecule has 0 unspecified atom stereocenters. The quantitative estimate of drug-likeness (QED) is 0.354. The van der Waals surface area contributed by atoms with E-state index in [0.717, 1.165) is 19.2 Å². The molecule has 0 fully saturated rings. The fourth-order valence-corrected chi connectivity index (χ4v) is 1.61. The molecule has 92 valence electrons. The Bertz CT molecular complexity index is 607. The van der Waals surface area contributed by atoms with Crippen LogP contribution in [-0.2, 0) is 9.53 Å². The van der Waals surface area contributed by atoms with Crippen LogP contribution in [0.5, 0.6) is 0 Å². The third kappa shape index (κ3) is 1.59. The lowest BCUT2D eigenvalue weighted by molar-refractivity contribution is -0.383. The van der Waals surface area contributed by atoms with Gasteiger partial charge in [0.25, 0.3) is 17.4 Å². The molecule has 0 radical (unpaired) electrons. The van der Waals surface area contributed by atoms with Gasteiger partial charge in [-0.3, -0.25) is 19.7 Å². The van der Waals surface area contributed by atoms with Crippen LogP contribution in [0.1, 0.15) is 20.7 Å². The second kappa shape index (κ2) is 3.91. The van der Waals surface area contributed by atoms with Gasteiger partial charge in [-0.2, -0.15) is 0 Å². The molecule has 0 aliphatic carbocycles. The third-order valence-corrected chi connectivity index (χ3v) is 2.42. The number of hydrogen-bond acceptors (Lipinski definition) is 6. The molecule has 1 aromatic carbocycles. The van der Waals surface area contributed by atoms with Crippen LogP contribution >= 0.6 is 0 Å². The molecule has 0 spiro atoms. The summed E-state index contributed by atoms with van der Waals surface area (Å²) < 4.78 is 4.41. The van der Waals surface area contributed by atoms with E-state index in [1.165, 1.54) is 0 Å². The number of ketones is 1. The van der Waals surface area contributed by atoms with E-state index in [9.17, 15) is 24.5 Å². The van der Waals surface area contributed by atoms with Crippen molar-refractivity contribution in [2.45, 2.75) is 0 Å². The number of hydrogen-bond donors (Lipinski definition) is 1. The summed E-state index contributed by atoms with van der Waals surface area (Å²) in [6.45, 7) is 0. The lowest BCUT2D eigenvalue weighted by atomic mass is 10.1. The summed E-state index contributed by atoms with van der Waals surface area (Å²) in [5.74, 6) is -2.71. The highest BCUT2D eigenvalue weighted by Crippen LogP contribution is 2.34. The average Bonchev–Trinajstić information content (AvgIpc) is 2.63. The van der Waals surface area contributed by atoms with Gasteiger partial charge in [0, 0.05) is 6.07 Å². The number of nitrogens with one attached hydrogen (secondary N) is 1. The summed E-state index contributed by atoms with van der Waals surface area (Å²) in [5, 5.41) is 12.9. The van der Waals surface area contributed by atoms with E-state index in [1.54, 1.807) is 0 Å². The van der Waals surface area contributed by atoms with Crippen LogP contribution in [0.15, 0.2) is 12.1 Å². The van der Waals surface area contributed by atoms with Crippen molar-refractivity contribution in [2.24, 2.45) is 0 Å². The fourth-order valence-electron chi connectivity index (χ4n) is 1.61. The summed E-state index contributed by atoms with van der Waals surface area (Å²) in [4.78, 5) is 44.0. The van der Waals surface area contributed by atoms with E-state index in [4.69, 9.17) is 0 Å². The van der Waals surface area contributed by atoms with Gasteiger partial charge in [-0.1, -0.05) is 0 Å². The number of nitro benzene ring substituents is 1. The predicted octanol–water partition coefficient (Wildman–Crippen LogP) is 0.516. The number of ether oxygens (including phenoxy) is 1. The number of carbonyl (C=O) groups excluding carboxylic acids is 3. The molecule has 1 aliphatic rings. The molecule has 0 saturated heterocycles. The molecule has 2 rings (SSSR count). The van der Waals surface area contributed by atoms with E-state index >= 15 is 0 Å². The Morgan fingerprint density at radius 2 is 2.06 bits per heavy atom. The third-order valence-electron chi connectivity index (χ3n) is 2.42. The van der Waals surface area contributed by atoms with Crippen molar-refractivity contribution >= 4 is 29.0 Å². The van der Waals surface area contributed by atoms with Crippen LogP contribution in [0.3, 0.4) is 0 Å². The molecular formula is C10H6N2O6. The summed E-state index contributed by atoms with van der Waals surface area (Å²) >= 11 is 0. The minimum atomic E-state index is -0.963. The van der Waals surface area contributed by atoms with E-state index < -0.39 is 28.3 Å². The second-order valence-electron chi connectivity index (χ2n) is 3.45. The smallest absolute Gasteiger partial charge is 0.338 e. The number of nitrogens with zero attached hydrogens (tertiary/aromatic N) is 1. The second-order valence-corrected chi connectivity index (χ2v) is 3.45. The van der Waals surface area contributed by atoms with Crippen molar-refractivity contribution in [1.29, 1.82) is 0 Å². The van der Waals surface area contributed by atoms with Crippen LogP contribution in [0.2, 0.25) is 0 Å². The molecule has 0 aromatic heterocycles. The highest BCUT2D eigenvalue weighted by atomic mass is 16.6. The van der Waals surface area contributed by atoms with Gasteiger partial charge >= 0.3 is 5.97 Å². The lowest BCUT2D eigenvalue weighted by Gasteiger charge is -2.03. The van der Waals surface area contributed by atoms with E-state index in [2.05, 4.69) is 10.1 Å². The molecule has 0 bridgehead atoms. The number of benzene rings is 1. The zero-order chi connectivity index (χ0) is 13.4. The summed E-state index contributed by atoms with van der Waals surface area (Å²) in [7, 11) is 1.10. The van der Waals surface area contributed by atoms with Gasteiger partial charge < -0.3 is 10.1 Å². The molecule has 18 heavy (non-hydrogen) atoms. The SMILES string of the molecule is COC(=O)c1cc2c(c([N+](=O)[O-])c1)NC(=O)C2=O. The molecule has 1 amide bonds. The predicted molar refractivity (Wildman–Crippen MR) is 57.4 cm³/mol. The van der Waals surface area contributed by atoms with Crippen LogP contribution in [0.4, 0.5) is 11.4 Å². The molecule has 0 atom stereocenters. The number of rotatable bonds is 2.